The molecule has 7 heteroatoms. The summed E-state index contributed by atoms with van der Waals surface area (Å²) in [5, 5.41) is 0. The number of imidazole rings is 2. The molecule has 0 unspecified atom stereocenters. The molecule has 4 aromatic rings. The summed E-state index contributed by atoms with van der Waals surface area (Å²) in [5.74, 6) is 1.64. The van der Waals surface area contributed by atoms with E-state index in [0.29, 0.717) is 6.54 Å². The van der Waals surface area contributed by atoms with Crippen LogP contribution in [0, 0.1) is 0 Å². The Morgan fingerprint density at radius 2 is 1.96 bits per heavy atom. The molecule has 1 aromatic carbocycles. The van der Waals surface area contributed by atoms with E-state index in [1.165, 1.54) is 0 Å². The average molecular weight is 426 g/mol. The fourth-order valence-corrected chi connectivity index (χ4v) is 3.63. The Labute approximate surface area is 166 Å². The zero-order valence-electron chi connectivity index (χ0n) is 15.4. The maximum Gasteiger partial charge on any atom is 0.213 e. The Hall–Kier alpha value is -2.67. The Morgan fingerprint density at radius 1 is 1.11 bits per heavy atom. The summed E-state index contributed by atoms with van der Waals surface area (Å²) in [6.45, 7) is 4.97. The molecule has 0 amide bonds. The van der Waals surface area contributed by atoms with Crippen LogP contribution < -0.4 is 4.74 Å². The van der Waals surface area contributed by atoms with Gasteiger partial charge in [0.2, 0.25) is 5.88 Å². The van der Waals surface area contributed by atoms with Crippen LogP contribution in [-0.4, -0.2) is 31.2 Å². The molecule has 0 saturated heterocycles. The first-order chi connectivity index (χ1) is 13.1. The van der Waals surface area contributed by atoms with Crippen molar-refractivity contribution in [2.45, 2.75) is 26.4 Å². The molecule has 3 aromatic heterocycles. The Bertz CT molecular complexity index is 1100. The van der Waals surface area contributed by atoms with Crippen LogP contribution in [0.15, 0.2) is 53.7 Å². The number of halogens is 1. The normalized spacial score (nSPS) is 11.4. The molecule has 138 valence electrons. The first-order valence-corrected chi connectivity index (χ1v) is 9.52. The number of methoxy groups -OCH3 is 1. The third-order valence-corrected chi connectivity index (χ3v) is 4.95. The van der Waals surface area contributed by atoms with Gasteiger partial charge in [-0.15, -0.1) is 0 Å². The second kappa shape index (κ2) is 7.15. The lowest BCUT2D eigenvalue weighted by molar-refractivity contribution is 0.377. The predicted molar refractivity (Wildman–Crippen MR) is 109 cm³/mol. The quantitative estimate of drug-likeness (QED) is 0.465. The van der Waals surface area contributed by atoms with Gasteiger partial charge in [-0.1, -0.05) is 15.9 Å². The summed E-state index contributed by atoms with van der Waals surface area (Å²) in [7, 11) is 1.64. The molecule has 6 nitrogen and oxygen atoms in total. The Kier molecular flexibility index (Phi) is 4.70. The summed E-state index contributed by atoms with van der Waals surface area (Å²) < 4.78 is 10.6. The van der Waals surface area contributed by atoms with Gasteiger partial charge in [0, 0.05) is 28.5 Å². The largest absolute Gasteiger partial charge is 0.481 e. The average Bonchev–Trinajstić information content (AvgIpc) is 3.25. The molecule has 0 aliphatic heterocycles. The Balaban J connectivity index is 1.79. The lowest BCUT2D eigenvalue weighted by Crippen LogP contribution is -2.05. The second-order valence-corrected chi connectivity index (χ2v) is 7.59. The van der Waals surface area contributed by atoms with E-state index >= 15 is 0 Å². The molecular formula is C20H20BrN5O. The van der Waals surface area contributed by atoms with Crippen molar-refractivity contribution in [1.82, 2.24) is 24.1 Å². The standard InChI is InChI=1S/C20H20BrN5O/c1-13(2)26-18-7-16(21)4-5-17(18)24-20(26)15-6-14(8-22-9-15)11-25-12-23-10-19(25)27-3/h4-10,12-13H,11H2,1-3H3. The lowest BCUT2D eigenvalue weighted by Gasteiger charge is -2.14. The van der Waals surface area contributed by atoms with E-state index in [1.807, 2.05) is 29.1 Å². The molecule has 3 heterocycles. The fraction of sp³-hybridized carbons (Fsp3) is 0.250. The van der Waals surface area contributed by atoms with Gasteiger partial charge in [-0.05, 0) is 43.7 Å². The number of fused-ring (bicyclic) bond motifs is 1. The van der Waals surface area contributed by atoms with Crippen molar-refractivity contribution in [3.63, 3.8) is 0 Å². The minimum absolute atomic E-state index is 0.275. The Morgan fingerprint density at radius 3 is 2.74 bits per heavy atom. The molecule has 0 saturated carbocycles. The summed E-state index contributed by atoms with van der Waals surface area (Å²) >= 11 is 3.57. The smallest absolute Gasteiger partial charge is 0.213 e. The number of ether oxygens (including phenoxy) is 1. The van der Waals surface area contributed by atoms with Crippen LogP contribution in [0.25, 0.3) is 22.4 Å². The number of hydrogen-bond acceptors (Lipinski definition) is 4. The molecule has 0 bridgehead atoms. The van der Waals surface area contributed by atoms with Crippen LogP contribution in [0.4, 0.5) is 0 Å². The molecule has 4 rings (SSSR count). The van der Waals surface area contributed by atoms with Crippen molar-refractivity contribution in [3.05, 3.63) is 59.2 Å². The predicted octanol–water partition coefficient (Wildman–Crippen LogP) is 4.70. The molecule has 0 aliphatic carbocycles. The van der Waals surface area contributed by atoms with Gasteiger partial charge in [0.05, 0.1) is 37.2 Å². The molecule has 0 N–H and O–H groups in total. The van der Waals surface area contributed by atoms with E-state index in [4.69, 9.17) is 9.72 Å². The van der Waals surface area contributed by atoms with Gasteiger partial charge >= 0.3 is 0 Å². The van der Waals surface area contributed by atoms with E-state index in [0.717, 1.165) is 38.3 Å². The fourth-order valence-electron chi connectivity index (χ4n) is 3.28. The first-order valence-electron chi connectivity index (χ1n) is 8.72. The van der Waals surface area contributed by atoms with Gasteiger partial charge in [0.25, 0.3) is 0 Å². The highest BCUT2D eigenvalue weighted by Crippen LogP contribution is 2.30. The second-order valence-electron chi connectivity index (χ2n) is 6.68. The highest BCUT2D eigenvalue weighted by Gasteiger charge is 2.16. The summed E-state index contributed by atoms with van der Waals surface area (Å²) in [6.07, 6.45) is 7.19. The van der Waals surface area contributed by atoms with Gasteiger partial charge in [0.15, 0.2) is 0 Å². The van der Waals surface area contributed by atoms with Crippen LogP contribution in [0.1, 0.15) is 25.5 Å². The van der Waals surface area contributed by atoms with E-state index in [2.05, 4.69) is 56.4 Å². The zero-order valence-corrected chi connectivity index (χ0v) is 17.0. The van der Waals surface area contributed by atoms with Crippen molar-refractivity contribution in [2.24, 2.45) is 0 Å². The molecule has 27 heavy (non-hydrogen) atoms. The van der Waals surface area contributed by atoms with Crippen LogP contribution in [0.3, 0.4) is 0 Å². The van der Waals surface area contributed by atoms with Gasteiger partial charge in [0.1, 0.15) is 5.82 Å². The van der Waals surface area contributed by atoms with Gasteiger partial charge in [-0.3, -0.25) is 9.55 Å². The molecule has 0 radical (unpaired) electrons. The summed E-state index contributed by atoms with van der Waals surface area (Å²) in [6, 6.07) is 8.57. The van der Waals surface area contributed by atoms with Crippen molar-refractivity contribution in [2.75, 3.05) is 7.11 Å². The van der Waals surface area contributed by atoms with E-state index in [-0.39, 0.29) is 6.04 Å². The van der Waals surface area contributed by atoms with Crippen molar-refractivity contribution in [3.8, 4) is 17.3 Å². The van der Waals surface area contributed by atoms with Crippen molar-refractivity contribution >= 4 is 27.0 Å². The number of nitrogens with zero attached hydrogens (tertiary/aromatic N) is 5. The number of pyridine rings is 1. The molecule has 0 atom stereocenters. The van der Waals surface area contributed by atoms with Crippen molar-refractivity contribution < 1.29 is 4.74 Å². The number of rotatable bonds is 5. The minimum Gasteiger partial charge on any atom is -0.481 e. The zero-order chi connectivity index (χ0) is 19.0. The summed E-state index contributed by atoms with van der Waals surface area (Å²) in [4.78, 5) is 13.5. The molecular weight excluding hydrogens is 406 g/mol. The topological polar surface area (TPSA) is 57.8 Å². The van der Waals surface area contributed by atoms with Gasteiger partial charge in [-0.25, -0.2) is 9.97 Å². The van der Waals surface area contributed by atoms with Crippen LogP contribution >= 0.6 is 15.9 Å². The van der Waals surface area contributed by atoms with Crippen LogP contribution in [-0.2, 0) is 6.54 Å². The molecule has 0 spiro atoms. The van der Waals surface area contributed by atoms with Crippen LogP contribution in [0.2, 0.25) is 0 Å². The SMILES string of the molecule is COc1cncn1Cc1cncc(-c2nc3ccc(Br)cc3n2C(C)C)c1. The number of aromatic nitrogens is 5. The highest BCUT2D eigenvalue weighted by molar-refractivity contribution is 9.10. The monoisotopic (exact) mass is 425 g/mol. The lowest BCUT2D eigenvalue weighted by atomic mass is 10.2. The van der Waals surface area contributed by atoms with Crippen molar-refractivity contribution in [1.29, 1.82) is 0 Å². The summed E-state index contributed by atoms with van der Waals surface area (Å²) in [5.41, 5.74) is 4.14. The van der Waals surface area contributed by atoms with E-state index in [1.54, 1.807) is 19.6 Å². The van der Waals surface area contributed by atoms with E-state index in [9.17, 15) is 0 Å². The molecule has 0 fully saturated rings. The van der Waals surface area contributed by atoms with Crippen LogP contribution in [0.5, 0.6) is 5.88 Å². The van der Waals surface area contributed by atoms with Gasteiger partial charge < -0.3 is 9.30 Å². The molecule has 0 aliphatic rings. The maximum atomic E-state index is 5.33. The minimum atomic E-state index is 0.275. The maximum absolute atomic E-state index is 5.33. The number of benzene rings is 1. The van der Waals surface area contributed by atoms with E-state index < -0.39 is 0 Å². The third-order valence-electron chi connectivity index (χ3n) is 4.46. The number of hydrogen-bond donors (Lipinski definition) is 0. The van der Waals surface area contributed by atoms with Gasteiger partial charge in [-0.2, -0.15) is 0 Å². The third kappa shape index (κ3) is 3.35. The highest BCUT2D eigenvalue weighted by atomic mass is 79.9. The first kappa shape index (κ1) is 17.7.